The zero-order chi connectivity index (χ0) is 59.3. The predicted molar refractivity (Wildman–Crippen MR) is 328 cm³/mol. The predicted octanol–water partition coefficient (Wildman–Crippen LogP) is 8.96. The highest BCUT2D eigenvalue weighted by atomic mass is 32.2. The molecule has 4 saturated heterocycles. The molecule has 0 unspecified atom stereocenters. The summed E-state index contributed by atoms with van der Waals surface area (Å²) in [6.45, 7) is 15.5. The van der Waals surface area contributed by atoms with E-state index in [-0.39, 0.29) is 40.8 Å². The Morgan fingerprint density at radius 2 is 1.66 bits per heavy atom. The first kappa shape index (κ1) is 58.0. The SMILES string of the molecule is CC(C)Oc1ccccc1[C@H]1CN(Cc2ccc(N3CCOCC3)cn2)CCN1C1CC2(CCN(c3ccc(C(=O)NS(=O)(=O)c4ccc(NCC5CCC(C)(O)CC5)c([N+](=O)[O-])c4)c(N4c5cc6cc[nH]c6nc5O[C@H]5COCC[C@@H]54)c3)CC2)C1. The minimum atomic E-state index is -4.65. The van der Waals surface area contributed by atoms with E-state index in [1.807, 2.05) is 43.6 Å². The van der Waals surface area contributed by atoms with E-state index in [4.69, 9.17) is 28.9 Å². The van der Waals surface area contributed by atoms with E-state index in [1.165, 1.54) is 17.7 Å². The maximum Gasteiger partial charge on any atom is 0.293 e. The van der Waals surface area contributed by atoms with Crippen molar-refractivity contribution in [1.29, 1.82) is 0 Å². The normalized spacial score (nSPS) is 24.6. The number of pyridine rings is 2. The lowest BCUT2D eigenvalue weighted by molar-refractivity contribution is -0.384. The molecule has 6 fully saturated rings. The average Bonchev–Trinajstić information content (AvgIpc) is 2.92. The molecule has 6 aromatic rings. The number of nitro groups is 1. The molecular weight excluding hydrogens is 1110 g/mol. The molecule has 5 aliphatic heterocycles. The molecule has 3 aromatic heterocycles. The first-order chi connectivity index (χ1) is 41.5. The van der Waals surface area contributed by atoms with Crippen molar-refractivity contribution in [3.8, 4) is 11.6 Å². The number of amides is 1. The zero-order valence-corrected chi connectivity index (χ0v) is 50.2. The zero-order valence-electron chi connectivity index (χ0n) is 49.4. The molecule has 13 rings (SSSR count). The Labute approximate surface area is 502 Å². The van der Waals surface area contributed by atoms with Crippen molar-refractivity contribution in [3.05, 3.63) is 124 Å². The number of aromatic amines is 1. The van der Waals surface area contributed by atoms with Crippen molar-refractivity contribution < 1.29 is 42.2 Å². The lowest BCUT2D eigenvalue weighted by Gasteiger charge is -2.58. The van der Waals surface area contributed by atoms with Crippen LogP contribution in [0.3, 0.4) is 0 Å². The summed E-state index contributed by atoms with van der Waals surface area (Å²) >= 11 is 0. The third-order valence-corrected chi connectivity index (χ3v) is 20.6. The highest BCUT2D eigenvalue weighted by Crippen LogP contribution is 2.54. The van der Waals surface area contributed by atoms with Crippen LogP contribution in [0.4, 0.5) is 34.1 Å². The standard InChI is InChI=1S/C64H79N11O10S/c1-42(2)84-58-7-5-4-6-50(58)57-40-70(39-45-8-9-47(38-66-45)72-27-30-82-31-28-72)25-26-73(57)48-35-64(36-48)20-23-71(24-21-64)46-10-12-51(54(33-46)74-53-17-29-83-41-59(53)85-62-56(74)32-44-16-22-65-60(44)68-62)61(76)69-86(80,81)49-11-13-52(55(34-49)75(78)79)67-37-43-14-18-63(3,77)19-15-43/h4-13,16,22,32-34,38,42-43,48,53,57,59,67,77H,14-15,17-21,23-31,35-37,39-41H2,1-3H3,(H,65,68)(H,69,76)/t43?,53-,57+,59-,63?/m0/s1. The third kappa shape index (κ3) is 12.0. The summed E-state index contributed by atoms with van der Waals surface area (Å²) in [6, 6.07) is 26.3. The number of hydrogen-bond donors (Lipinski definition) is 4. The van der Waals surface area contributed by atoms with E-state index >= 15 is 0 Å². The number of sulfonamides is 1. The summed E-state index contributed by atoms with van der Waals surface area (Å²) in [4.78, 5) is 51.4. The number of carbonyl (C=O) groups excluding carboxylic acids is 1. The molecule has 456 valence electrons. The molecule has 22 heteroatoms. The largest absolute Gasteiger partial charge is 0.491 e. The number of morpholine rings is 1. The van der Waals surface area contributed by atoms with Crippen LogP contribution in [0.15, 0.2) is 102 Å². The monoisotopic (exact) mass is 1190 g/mol. The Balaban J connectivity index is 0.743. The van der Waals surface area contributed by atoms with Crippen LogP contribution in [0.25, 0.3) is 11.0 Å². The van der Waals surface area contributed by atoms with Crippen molar-refractivity contribution in [3.63, 3.8) is 0 Å². The highest BCUT2D eigenvalue weighted by molar-refractivity contribution is 7.90. The smallest absolute Gasteiger partial charge is 0.293 e. The van der Waals surface area contributed by atoms with Crippen molar-refractivity contribution in [2.45, 2.75) is 126 Å². The fourth-order valence-electron chi connectivity index (χ4n) is 14.4. The van der Waals surface area contributed by atoms with Crippen LogP contribution in [0.5, 0.6) is 11.6 Å². The molecular formula is C64H79N11O10S. The van der Waals surface area contributed by atoms with E-state index in [0.29, 0.717) is 68.0 Å². The first-order valence-corrected chi connectivity index (χ1v) is 32.3. The Morgan fingerprint density at radius 3 is 2.43 bits per heavy atom. The first-order valence-electron chi connectivity index (χ1n) is 30.8. The van der Waals surface area contributed by atoms with Gasteiger partial charge in [0, 0.05) is 100 Å². The minimum absolute atomic E-state index is 0.0380. The maximum absolute atomic E-state index is 14.9. The number of nitrogens with one attached hydrogen (secondary N) is 3. The number of anilines is 5. The number of rotatable bonds is 16. The lowest BCUT2D eigenvalue weighted by Crippen LogP contribution is -2.59. The van der Waals surface area contributed by atoms with Crippen LogP contribution in [-0.4, -0.2) is 158 Å². The minimum Gasteiger partial charge on any atom is -0.491 e. The van der Waals surface area contributed by atoms with Crippen LogP contribution in [0.1, 0.15) is 106 Å². The summed E-state index contributed by atoms with van der Waals surface area (Å²) in [7, 11) is -4.65. The van der Waals surface area contributed by atoms with Crippen LogP contribution < -0.4 is 34.2 Å². The molecule has 3 aromatic carbocycles. The van der Waals surface area contributed by atoms with Crippen molar-refractivity contribution in [1.82, 2.24) is 29.5 Å². The number of aliphatic hydroxyl groups is 1. The average molecular weight is 1190 g/mol. The van der Waals surface area contributed by atoms with Gasteiger partial charge in [-0.15, -0.1) is 0 Å². The molecule has 86 heavy (non-hydrogen) atoms. The molecule has 7 aliphatic rings. The number of ether oxygens (including phenoxy) is 4. The van der Waals surface area contributed by atoms with Gasteiger partial charge in [-0.2, -0.15) is 4.98 Å². The second-order valence-electron chi connectivity index (χ2n) is 25.4. The fraction of sp³-hybridized carbons (Fsp3) is 0.516. The molecule has 3 atom stereocenters. The molecule has 0 radical (unpaired) electrons. The Hall–Kier alpha value is -7.08. The molecule has 4 N–H and O–H groups in total. The van der Waals surface area contributed by atoms with E-state index in [2.05, 4.69) is 89.8 Å². The number of hydrogen-bond acceptors (Lipinski definition) is 18. The Morgan fingerprint density at radius 1 is 0.884 bits per heavy atom. The lowest BCUT2D eigenvalue weighted by atomic mass is 9.59. The molecule has 1 spiro atoms. The molecule has 8 heterocycles. The number of carbonyl (C=O) groups is 1. The van der Waals surface area contributed by atoms with Gasteiger partial charge in [-0.25, -0.2) is 13.1 Å². The fourth-order valence-corrected chi connectivity index (χ4v) is 15.4. The van der Waals surface area contributed by atoms with E-state index in [0.717, 1.165) is 138 Å². The van der Waals surface area contributed by atoms with Gasteiger partial charge in [0.1, 0.15) is 28.9 Å². The van der Waals surface area contributed by atoms with Crippen LogP contribution >= 0.6 is 0 Å². The van der Waals surface area contributed by atoms with Gasteiger partial charge in [-0.05, 0) is 151 Å². The van der Waals surface area contributed by atoms with Crippen molar-refractivity contribution >= 4 is 61.1 Å². The number of fused-ring (bicyclic) bond motifs is 3. The van der Waals surface area contributed by atoms with Gasteiger partial charge in [0.25, 0.3) is 21.6 Å². The molecule has 2 aliphatic carbocycles. The van der Waals surface area contributed by atoms with Gasteiger partial charge < -0.3 is 49.1 Å². The van der Waals surface area contributed by atoms with Gasteiger partial charge >= 0.3 is 0 Å². The summed E-state index contributed by atoms with van der Waals surface area (Å²) in [5, 5.41) is 26.9. The van der Waals surface area contributed by atoms with Crippen LogP contribution in [0, 0.1) is 21.4 Å². The Kier molecular flexibility index (Phi) is 16.1. The second-order valence-corrected chi connectivity index (χ2v) is 27.1. The molecule has 21 nitrogen and oxygen atoms in total. The molecule has 2 saturated carbocycles. The number of piperidine rings is 1. The Bertz CT molecular complexity index is 3550. The van der Waals surface area contributed by atoms with Gasteiger partial charge in [0.05, 0.1) is 82.3 Å². The van der Waals surface area contributed by atoms with E-state index in [9.17, 15) is 28.4 Å². The number of benzene rings is 3. The third-order valence-electron chi connectivity index (χ3n) is 19.3. The van der Waals surface area contributed by atoms with E-state index < -0.39 is 43.1 Å². The van der Waals surface area contributed by atoms with Gasteiger partial charge in [-0.1, -0.05) is 18.2 Å². The number of para-hydroxylation sites is 1. The van der Waals surface area contributed by atoms with Crippen molar-refractivity contribution in [2.24, 2.45) is 11.3 Å². The van der Waals surface area contributed by atoms with Crippen LogP contribution in [-0.2, 0) is 26.0 Å². The van der Waals surface area contributed by atoms with Crippen LogP contribution in [0.2, 0.25) is 0 Å². The number of aromatic nitrogens is 3. The summed E-state index contributed by atoms with van der Waals surface area (Å²) in [5.74, 6) is 0.598. The topological polar surface area (TPSA) is 233 Å². The van der Waals surface area contributed by atoms with Gasteiger partial charge in [0.2, 0.25) is 5.88 Å². The van der Waals surface area contributed by atoms with E-state index in [1.54, 1.807) is 6.07 Å². The molecule has 0 bridgehead atoms. The number of piperazine rings is 1. The summed E-state index contributed by atoms with van der Waals surface area (Å²) in [5.41, 5.74) is 5.38. The highest BCUT2D eigenvalue weighted by Gasteiger charge is 2.51. The van der Waals surface area contributed by atoms with Crippen molar-refractivity contribution in [2.75, 3.05) is 98.8 Å². The summed E-state index contributed by atoms with van der Waals surface area (Å²) in [6.07, 6.45) is 10.9. The number of nitrogens with zero attached hydrogens (tertiary/aromatic N) is 8. The number of nitro benzene ring substituents is 1. The quantitative estimate of drug-likeness (QED) is 0.0523. The maximum atomic E-state index is 14.9. The number of H-pyrrole nitrogens is 1. The van der Waals surface area contributed by atoms with Gasteiger partial charge in [-0.3, -0.25) is 29.7 Å². The second kappa shape index (κ2) is 23.9. The van der Waals surface area contributed by atoms with Gasteiger partial charge in [0.15, 0.2) is 0 Å². The summed E-state index contributed by atoms with van der Waals surface area (Å²) < 4.78 is 55.5. The molecule has 1 amide bonds.